The van der Waals surface area contributed by atoms with E-state index in [0.717, 1.165) is 25.3 Å². The van der Waals surface area contributed by atoms with Crippen molar-refractivity contribution in [2.75, 3.05) is 0 Å². The minimum absolute atomic E-state index is 0.141. The predicted octanol–water partition coefficient (Wildman–Crippen LogP) is 2.10. The van der Waals surface area contributed by atoms with Crippen LogP contribution in [0.15, 0.2) is 0 Å². The van der Waals surface area contributed by atoms with Crippen LogP contribution in [-0.2, 0) is 22.7 Å². The van der Waals surface area contributed by atoms with Crippen LogP contribution in [0.4, 0.5) is 0 Å². The maximum Gasteiger partial charge on any atom is 0.306 e. The highest BCUT2D eigenvalue weighted by molar-refractivity contribution is 5.69. The molecule has 0 amide bonds. The lowest BCUT2D eigenvalue weighted by molar-refractivity contribution is -0.145. The van der Waals surface area contributed by atoms with Gasteiger partial charge >= 0.3 is 5.97 Å². The lowest BCUT2D eigenvalue weighted by atomic mass is 10.0. The van der Waals surface area contributed by atoms with Crippen LogP contribution in [0, 0.1) is 5.92 Å². The maximum absolute atomic E-state index is 11.7. The van der Waals surface area contributed by atoms with E-state index in [1.165, 1.54) is 25.7 Å². The first-order chi connectivity index (χ1) is 9.29. The third-order valence-electron chi connectivity index (χ3n) is 3.64. The summed E-state index contributed by atoms with van der Waals surface area (Å²) in [5, 5.41) is 11.3. The fourth-order valence-electron chi connectivity index (χ4n) is 2.55. The van der Waals surface area contributed by atoms with Gasteiger partial charge in [0, 0.05) is 13.0 Å². The molecule has 1 saturated carbocycles. The van der Waals surface area contributed by atoms with Gasteiger partial charge < -0.3 is 4.74 Å². The summed E-state index contributed by atoms with van der Waals surface area (Å²) in [6.45, 7) is 2.98. The van der Waals surface area contributed by atoms with Crippen molar-refractivity contribution in [1.82, 2.24) is 20.2 Å². The van der Waals surface area contributed by atoms with Crippen LogP contribution in [0.2, 0.25) is 0 Å². The minimum Gasteiger partial charge on any atom is -0.457 e. The highest BCUT2D eigenvalue weighted by atomic mass is 16.5. The van der Waals surface area contributed by atoms with Crippen molar-refractivity contribution in [3.05, 3.63) is 5.82 Å². The second-order valence-corrected chi connectivity index (χ2v) is 5.17. The Kier molecular flexibility index (Phi) is 5.30. The van der Waals surface area contributed by atoms with Crippen molar-refractivity contribution >= 4 is 5.97 Å². The Morgan fingerprint density at radius 1 is 1.42 bits per heavy atom. The number of aromatic nitrogens is 4. The van der Waals surface area contributed by atoms with E-state index < -0.39 is 0 Å². The van der Waals surface area contributed by atoms with Crippen LogP contribution >= 0.6 is 0 Å². The summed E-state index contributed by atoms with van der Waals surface area (Å²) in [6, 6.07) is 0. The quantitative estimate of drug-likeness (QED) is 0.707. The number of hydrogen-bond acceptors (Lipinski definition) is 5. The molecule has 0 radical (unpaired) electrons. The van der Waals surface area contributed by atoms with Crippen molar-refractivity contribution in [2.45, 2.75) is 65.0 Å². The Balaban J connectivity index is 1.68. The van der Waals surface area contributed by atoms with Crippen LogP contribution in [0.3, 0.4) is 0 Å². The van der Waals surface area contributed by atoms with Crippen LogP contribution < -0.4 is 0 Å². The standard InChI is InChI=1S/C13H22N4O2/c1-2-9-17-12(14-15-16-17)10-19-13(18)8-7-11-5-3-4-6-11/h11H,2-10H2,1H3. The molecule has 2 rings (SSSR count). The van der Waals surface area contributed by atoms with Crippen LogP contribution in [0.1, 0.15) is 57.7 Å². The molecule has 1 heterocycles. The highest BCUT2D eigenvalue weighted by Gasteiger charge is 2.17. The largest absolute Gasteiger partial charge is 0.457 e. The number of rotatable bonds is 7. The molecule has 1 aliphatic rings. The molecule has 0 aliphatic heterocycles. The second-order valence-electron chi connectivity index (χ2n) is 5.17. The van der Waals surface area contributed by atoms with Crippen molar-refractivity contribution < 1.29 is 9.53 Å². The van der Waals surface area contributed by atoms with E-state index in [-0.39, 0.29) is 12.6 Å². The highest BCUT2D eigenvalue weighted by Crippen LogP contribution is 2.28. The third kappa shape index (κ3) is 4.29. The topological polar surface area (TPSA) is 69.9 Å². The number of esters is 1. The van der Waals surface area contributed by atoms with Crippen LogP contribution in [0.5, 0.6) is 0 Å². The van der Waals surface area contributed by atoms with E-state index in [1.54, 1.807) is 4.68 Å². The van der Waals surface area contributed by atoms with Crippen LogP contribution in [-0.4, -0.2) is 26.2 Å². The molecule has 0 atom stereocenters. The first-order valence-corrected chi connectivity index (χ1v) is 7.20. The molecule has 0 bridgehead atoms. The second kappa shape index (κ2) is 7.21. The average molecular weight is 266 g/mol. The first-order valence-electron chi connectivity index (χ1n) is 7.20. The maximum atomic E-state index is 11.7. The fourth-order valence-corrected chi connectivity index (χ4v) is 2.55. The van der Waals surface area contributed by atoms with Gasteiger partial charge in [0.15, 0.2) is 12.4 Å². The van der Waals surface area contributed by atoms with Gasteiger partial charge in [0.1, 0.15) is 0 Å². The Morgan fingerprint density at radius 2 is 2.21 bits per heavy atom. The lowest BCUT2D eigenvalue weighted by Gasteiger charge is -2.08. The first kappa shape index (κ1) is 14.0. The molecule has 1 aromatic rings. The SMILES string of the molecule is CCCn1nnnc1COC(=O)CCC1CCCC1. The Bertz CT molecular complexity index is 399. The van der Waals surface area contributed by atoms with E-state index >= 15 is 0 Å². The van der Waals surface area contributed by atoms with Crippen molar-refractivity contribution in [3.63, 3.8) is 0 Å². The normalized spacial score (nSPS) is 15.8. The molecule has 6 nitrogen and oxygen atoms in total. The Morgan fingerprint density at radius 3 is 2.95 bits per heavy atom. The third-order valence-corrected chi connectivity index (χ3v) is 3.64. The summed E-state index contributed by atoms with van der Waals surface area (Å²) < 4.78 is 6.92. The predicted molar refractivity (Wildman–Crippen MR) is 69.1 cm³/mol. The van der Waals surface area contributed by atoms with Gasteiger partial charge in [0.05, 0.1) is 0 Å². The van der Waals surface area contributed by atoms with E-state index in [1.807, 2.05) is 0 Å². The van der Waals surface area contributed by atoms with Crippen molar-refractivity contribution in [2.24, 2.45) is 5.92 Å². The van der Waals surface area contributed by atoms with E-state index in [2.05, 4.69) is 22.4 Å². The molecule has 1 aromatic heterocycles. The molecule has 19 heavy (non-hydrogen) atoms. The molecule has 0 aromatic carbocycles. The monoisotopic (exact) mass is 266 g/mol. The molecule has 106 valence electrons. The molecule has 0 unspecified atom stereocenters. The van der Waals surface area contributed by atoms with E-state index in [4.69, 9.17) is 4.74 Å². The van der Waals surface area contributed by atoms with Gasteiger partial charge in [-0.15, -0.1) is 5.10 Å². The summed E-state index contributed by atoms with van der Waals surface area (Å²) in [4.78, 5) is 11.7. The summed E-state index contributed by atoms with van der Waals surface area (Å²) in [7, 11) is 0. The molecule has 0 N–H and O–H groups in total. The van der Waals surface area contributed by atoms with Gasteiger partial charge in [0.2, 0.25) is 0 Å². The zero-order valence-electron chi connectivity index (χ0n) is 11.5. The number of nitrogens with zero attached hydrogens (tertiary/aromatic N) is 4. The summed E-state index contributed by atoms with van der Waals surface area (Å²) >= 11 is 0. The van der Waals surface area contributed by atoms with Gasteiger partial charge in [-0.25, -0.2) is 4.68 Å². The number of ether oxygens (including phenoxy) is 1. The van der Waals surface area contributed by atoms with Gasteiger partial charge in [-0.2, -0.15) is 0 Å². The molecular formula is C13H22N4O2. The number of tetrazole rings is 1. The van der Waals surface area contributed by atoms with E-state index in [0.29, 0.717) is 12.2 Å². The van der Waals surface area contributed by atoms with Crippen molar-refractivity contribution in [3.8, 4) is 0 Å². The van der Waals surface area contributed by atoms with Gasteiger partial charge in [-0.3, -0.25) is 4.79 Å². The molecule has 1 fully saturated rings. The minimum atomic E-state index is -0.141. The van der Waals surface area contributed by atoms with Crippen LogP contribution in [0.25, 0.3) is 0 Å². The average Bonchev–Trinajstić information content (AvgIpc) is 3.06. The summed E-state index contributed by atoms with van der Waals surface area (Å²) in [5.74, 6) is 1.20. The molecule has 1 aliphatic carbocycles. The molecule has 0 spiro atoms. The number of aryl methyl sites for hydroxylation is 1. The summed E-state index contributed by atoms with van der Waals surface area (Å²) in [6.07, 6.45) is 7.58. The fraction of sp³-hybridized carbons (Fsp3) is 0.846. The lowest BCUT2D eigenvalue weighted by Crippen LogP contribution is -2.11. The zero-order chi connectivity index (χ0) is 13.5. The Hall–Kier alpha value is -1.46. The Labute approximate surface area is 113 Å². The number of carbonyl (C=O) groups is 1. The van der Waals surface area contributed by atoms with Crippen molar-refractivity contribution in [1.29, 1.82) is 0 Å². The smallest absolute Gasteiger partial charge is 0.306 e. The molecular weight excluding hydrogens is 244 g/mol. The van der Waals surface area contributed by atoms with Gasteiger partial charge in [-0.1, -0.05) is 32.6 Å². The summed E-state index contributed by atoms with van der Waals surface area (Å²) in [5.41, 5.74) is 0. The number of carbonyl (C=O) groups excluding carboxylic acids is 1. The molecule has 6 heteroatoms. The van der Waals surface area contributed by atoms with E-state index in [9.17, 15) is 4.79 Å². The zero-order valence-corrected chi connectivity index (χ0v) is 11.5. The molecule has 0 saturated heterocycles. The van der Waals surface area contributed by atoms with Gasteiger partial charge in [-0.05, 0) is 29.2 Å². The van der Waals surface area contributed by atoms with Gasteiger partial charge in [0.25, 0.3) is 0 Å². The number of hydrogen-bond donors (Lipinski definition) is 0.